The monoisotopic (exact) mass is 2030 g/mol. The molecule has 142 heavy (non-hydrogen) atoms. The van der Waals surface area contributed by atoms with Crippen LogP contribution in [-0.4, -0.2) is 359 Å². The third-order valence-electron chi connectivity index (χ3n) is 22.7. The van der Waals surface area contributed by atoms with Crippen LogP contribution in [0.25, 0.3) is 0 Å². The maximum absolute atomic E-state index is 12.2. The van der Waals surface area contributed by atoms with Crippen LogP contribution in [0, 0.1) is 11.8 Å². The van der Waals surface area contributed by atoms with Gasteiger partial charge in [-0.1, -0.05) is 0 Å². The van der Waals surface area contributed by atoms with Crippen molar-refractivity contribution in [2.75, 3.05) is 158 Å². The topological polar surface area (TPSA) is 593 Å². The number of carbonyl (C=O) groups excluding carboxylic acids is 16. The van der Waals surface area contributed by atoms with Crippen LogP contribution in [0.5, 0.6) is 0 Å². The van der Waals surface area contributed by atoms with E-state index < -0.39 is 60.3 Å². The third kappa shape index (κ3) is 64.5. The Labute approximate surface area is 834 Å². The van der Waals surface area contributed by atoms with Crippen LogP contribution in [-0.2, 0) is 129 Å². The number of imide groups is 5. The molecular formula is C100H163N5O37. The van der Waals surface area contributed by atoms with Gasteiger partial charge in [0.1, 0.15) is 28.9 Å². The lowest BCUT2D eigenvalue weighted by molar-refractivity contribution is -0.207. The van der Waals surface area contributed by atoms with E-state index in [2.05, 4.69) is 0 Å². The Morgan fingerprint density at radius 2 is 0.479 bits per heavy atom. The molecule has 1 saturated carbocycles. The first-order chi connectivity index (χ1) is 68.7. The van der Waals surface area contributed by atoms with Crippen molar-refractivity contribution in [3.05, 3.63) is 48.6 Å². The standard InChI is InChI=1S/2C22H35NO8.C21H35NO6.C20H33NO7.C15H25NO8/c2*24-13-3-5-15-30-22(31-16-6-4-14-25)17-19(27)8-2-1-7-18(26)11-12-23-20(28)9-10-21(23)29;23-11-1-3-13-27-21(28-14-4-2-12-24)15-17-5-7-18(8-6-17)16-22-19(25)9-10-20(22)26;22-13-3-5-15-27-20(28-16-6-4-14-23)8-2-1-7-17(24)11-12-21-18(25)9-10-19(21)26;17-7-1-3-9-22-15(23-10-4-2-8-18)11-14(21)24-16-12(19)5-6-13(16)20/h2*9-10,22,24-25H,1-8,11-17H2;9-10,17-18,21,23-24H,1-8,11-16H2;9-10,20,22-23H,1-8,11-16H2;15,17-18H,1-11H2. The lowest BCUT2D eigenvalue weighted by Gasteiger charge is -2.32. The van der Waals surface area contributed by atoms with Gasteiger partial charge in [0.25, 0.3) is 59.1 Å². The van der Waals surface area contributed by atoms with Gasteiger partial charge in [0.15, 0.2) is 31.5 Å². The van der Waals surface area contributed by atoms with Crippen molar-refractivity contribution < 1.29 is 180 Å². The quantitative estimate of drug-likeness (QED) is 0.0195. The number of ether oxygens (including phenoxy) is 10. The summed E-state index contributed by atoms with van der Waals surface area (Å²) in [4.78, 5) is 196. The minimum atomic E-state index is -0.873. The van der Waals surface area contributed by atoms with Gasteiger partial charge in [-0.2, -0.15) is 0 Å². The highest BCUT2D eigenvalue weighted by Crippen LogP contribution is 2.34. The zero-order valence-corrected chi connectivity index (χ0v) is 83.2. The fraction of sp³-hybridized carbons (Fsp3) is 0.760. The molecule has 810 valence electrons. The van der Waals surface area contributed by atoms with Crippen LogP contribution in [0.1, 0.15) is 289 Å². The molecule has 0 atom stereocenters. The minimum Gasteiger partial charge on any atom is -0.396 e. The van der Waals surface area contributed by atoms with Crippen molar-refractivity contribution in [1.29, 1.82) is 0 Å². The third-order valence-corrected chi connectivity index (χ3v) is 22.7. The summed E-state index contributed by atoms with van der Waals surface area (Å²) in [6.45, 7) is 6.23. The maximum atomic E-state index is 12.2. The smallest absolute Gasteiger partial charge is 0.338 e. The highest BCUT2D eigenvalue weighted by atomic mass is 16.7. The predicted molar refractivity (Wildman–Crippen MR) is 510 cm³/mol. The van der Waals surface area contributed by atoms with Gasteiger partial charge in [-0.3, -0.25) is 91.5 Å². The molecule has 0 aromatic carbocycles. The Bertz CT molecular complexity index is 3450. The second-order valence-corrected chi connectivity index (χ2v) is 34.7. The number of aliphatic hydroxyl groups is 10. The molecule has 2 fully saturated rings. The SMILES string of the molecule is O=C(CC(OCCCCO)OCCCCO)ON1C(=O)CCC1=O.O=C(CCCCC(=O)CC(OCCCCO)OCCCCO)CCN1C(=O)C=CC1=O.O=C(CCCCC(=O)CC(OCCCCO)OCCCCO)CCN1C(=O)C=CC1=O.O=C(CCCCC(OCCCCO)OCCCCO)CCN1C(=O)C=CC1=O.O=C1C=CC(=O)N1CC1CCC(CC(OCCCCO)OCCCCO)CC1. The minimum absolute atomic E-state index is 0.0129. The van der Waals surface area contributed by atoms with Crippen molar-refractivity contribution in [3.63, 3.8) is 0 Å². The first kappa shape index (κ1) is 130. The summed E-state index contributed by atoms with van der Waals surface area (Å²) < 4.78 is 56.4. The van der Waals surface area contributed by atoms with Crippen molar-refractivity contribution in [2.24, 2.45) is 11.8 Å². The van der Waals surface area contributed by atoms with Gasteiger partial charge >= 0.3 is 5.97 Å². The number of unbranched alkanes of at least 4 members (excludes halogenated alkanes) is 13. The largest absolute Gasteiger partial charge is 0.396 e. The molecule has 6 aliphatic rings. The van der Waals surface area contributed by atoms with E-state index in [1.807, 2.05) is 0 Å². The van der Waals surface area contributed by atoms with Crippen LogP contribution < -0.4 is 0 Å². The van der Waals surface area contributed by atoms with Crippen LogP contribution in [0.2, 0.25) is 0 Å². The van der Waals surface area contributed by atoms with Crippen molar-refractivity contribution in [3.8, 4) is 0 Å². The van der Waals surface area contributed by atoms with E-state index in [1.54, 1.807) is 0 Å². The Balaban J connectivity index is 0.000000602. The number of hydrogen-bond donors (Lipinski definition) is 10. The summed E-state index contributed by atoms with van der Waals surface area (Å²) in [6.07, 6.45) is 32.0. The second-order valence-electron chi connectivity index (χ2n) is 34.7. The van der Waals surface area contributed by atoms with E-state index in [4.69, 9.17) is 103 Å². The Kier molecular flexibility index (Phi) is 78.5. The molecule has 0 bridgehead atoms. The van der Waals surface area contributed by atoms with Crippen LogP contribution in [0.4, 0.5) is 0 Å². The fourth-order valence-corrected chi connectivity index (χ4v) is 14.4. The van der Waals surface area contributed by atoms with E-state index in [0.717, 1.165) is 91.7 Å². The fourth-order valence-electron chi connectivity index (χ4n) is 14.4. The Morgan fingerprint density at radius 3 is 0.746 bits per heavy atom. The summed E-state index contributed by atoms with van der Waals surface area (Å²) in [6, 6.07) is 0. The lowest BCUT2D eigenvalue weighted by atomic mass is 9.80. The van der Waals surface area contributed by atoms with E-state index >= 15 is 0 Å². The van der Waals surface area contributed by atoms with Gasteiger partial charge in [-0.05, 0) is 211 Å². The molecule has 0 radical (unpaired) electrons. The Hall–Kier alpha value is -8.32. The number of rotatable bonds is 85. The number of Topliss-reactive ketones (excluding diaryl/α,β-unsaturated/α-hetero) is 5. The average Bonchev–Trinajstić information content (AvgIpc) is 1.68. The molecule has 5 heterocycles. The van der Waals surface area contributed by atoms with Gasteiger partial charge in [0.2, 0.25) is 0 Å². The molecule has 6 rings (SSSR count). The van der Waals surface area contributed by atoms with Gasteiger partial charge in [0.05, 0.1) is 19.3 Å². The molecule has 42 heteroatoms. The first-order valence-corrected chi connectivity index (χ1v) is 50.8. The Morgan fingerprint density at radius 1 is 0.254 bits per heavy atom. The summed E-state index contributed by atoms with van der Waals surface area (Å²) >= 11 is 0. The number of aliphatic hydroxyl groups excluding tert-OH is 10. The van der Waals surface area contributed by atoms with Crippen LogP contribution >= 0.6 is 0 Å². The molecule has 10 N–H and O–H groups in total. The number of hydrogen-bond acceptors (Lipinski definition) is 37. The van der Waals surface area contributed by atoms with Gasteiger partial charge in [-0.25, -0.2) is 4.79 Å². The molecule has 10 amide bonds. The number of ketones is 5. The lowest BCUT2D eigenvalue weighted by Crippen LogP contribution is -2.36. The van der Waals surface area contributed by atoms with E-state index in [0.29, 0.717) is 250 Å². The van der Waals surface area contributed by atoms with E-state index in [1.165, 1.54) is 53.5 Å². The van der Waals surface area contributed by atoms with Crippen molar-refractivity contribution in [2.45, 2.75) is 320 Å². The number of hydroxylamine groups is 2. The normalized spacial score (nSPS) is 15.6. The van der Waals surface area contributed by atoms with Gasteiger partial charge in [0, 0.05) is 278 Å². The molecule has 0 aromatic heterocycles. The molecule has 5 aliphatic heterocycles. The van der Waals surface area contributed by atoms with Crippen molar-refractivity contribution in [1.82, 2.24) is 24.7 Å². The number of nitrogens with zero attached hydrogens (tertiary/aromatic N) is 5. The van der Waals surface area contributed by atoms with Gasteiger partial charge < -0.3 is 103 Å². The zero-order valence-electron chi connectivity index (χ0n) is 83.2. The predicted octanol–water partition coefficient (Wildman–Crippen LogP) is 5.82. The number of amides is 10. The highest BCUT2D eigenvalue weighted by molar-refractivity contribution is 6.15. The molecule has 0 aromatic rings. The molecule has 0 unspecified atom stereocenters. The number of carbonyl (C=O) groups is 16. The summed E-state index contributed by atoms with van der Waals surface area (Å²) in [5.41, 5.74) is 0. The second kappa shape index (κ2) is 85.9. The molecule has 42 nitrogen and oxygen atoms in total. The molecular weight excluding hydrogens is 1860 g/mol. The molecule has 0 spiro atoms. The molecule has 1 aliphatic carbocycles. The summed E-state index contributed by atoms with van der Waals surface area (Å²) in [5.74, 6) is -3.78. The first-order valence-electron chi connectivity index (χ1n) is 50.8. The highest BCUT2D eigenvalue weighted by Gasteiger charge is 2.35. The van der Waals surface area contributed by atoms with Crippen LogP contribution in [0.3, 0.4) is 0 Å². The van der Waals surface area contributed by atoms with E-state index in [9.17, 15) is 76.7 Å². The molecule has 1 saturated heterocycles. The van der Waals surface area contributed by atoms with E-state index in [-0.39, 0.29) is 202 Å². The van der Waals surface area contributed by atoms with Crippen LogP contribution in [0.15, 0.2) is 48.6 Å². The van der Waals surface area contributed by atoms with Crippen molar-refractivity contribution >= 4 is 94.0 Å². The average molecular weight is 2030 g/mol. The summed E-state index contributed by atoms with van der Waals surface area (Å²) in [7, 11) is 0. The zero-order chi connectivity index (χ0) is 104. The summed E-state index contributed by atoms with van der Waals surface area (Å²) in [5, 5.41) is 88.7. The van der Waals surface area contributed by atoms with Gasteiger partial charge in [-0.15, -0.1) is 5.06 Å². The maximum Gasteiger partial charge on any atom is 0.338 e.